The maximum absolute atomic E-state index is 12.3. The van der Waals surface area contributed by atoms with Gasteiger partial charge in [-0.15, -0.1) is 0 Å². The molecule has 0 spiro atoms. The van der Waals surface area contributed by atoms with Gasteiger partial charge in [-0.2, -0.15) is 0 Å². The van der Waals surface area contributed by atoms with Gasteiger partial charge >= 0.3 is 0 Å². The number of pyridine rings is 1. The minimum Gasteiger partial charge on any atom is -0.467 e. The molecule has 0 bridgehead atoms. The standard InChI is InChI=1S/C15H20N2O4S/c1-15(2,3)22(19,20)14-7-6-11(9-17-14)16-10-12(18)13-5-4-8-21-13/h4-9,12,16,18H,10H2,1-3H3/t12-/m1/s1. The van der Waals surface area contributed by atoms with Crippen molar-refractivity contribution in [3.05, 3.63) is 42.5 Å². The second-order valence-corrected chi connectivity index (χ2v) is 8.56. The Morgan fingerprint density at radius 3 is 2.55 bits per heavy atom. The molecule has 6 nitrogen and oxygen atoms in total. The molecule has 0 saturated heterocycles. The lowest BCUT2D eigenvalue weighted by Gasteiger charge is -2.18. The Kier molecular flexibility index (Phi) is 4.58. The average molecular weight is 324 g/mol. The number of sulfone groups is 1. The first kappa shape index (κ1) is 16.5. The number of anilines is 1. The number of hydrogen-bond acceptors (Lipinski definition) is 6. The van der Waals surface area contributed by atoms with Crippen molar-refractivity contribution in [2.45, 2.75) is 36.6 Å². The van der Waals surface area contributed by atoms with Crippen molar-refractivity contribution < 1.29 is 17.9 Å². The highest BCUT2D eigenvalue weighted by Gasteiger charge is 2.31. The zero-order chi connectivity index (χ0) is 16.4. The predicted octanol–water partition coefficient (Wildman–Crippen LogP) is 2.39. The first-order valence-electron chi connectivity index (χ1n) is 6.88. The molecule has 0 saturated carbocycles. The van der Waals surface area contributed by atoms with Crippen LogP contribution < -0.4 is 5.32 Å². The summed E-state index contributed by atoms with van der Waals surface area (Å²) < 4.78 is 28.7. The van der Waals surface area contributed by atoms with E-state index in [0.717, 1.165) is 0 Å². The molecule has 2 aromatic rings. The molecule has 2 aromatic heterocycles. The van der Waals surface area contributed by atoms with Crippen LogP contribution in [0.1, 0.15) is 32.6 Å². The molecule has 0 amide bonds. The maximum atomic E-state index is 12.3. The van der Waals surface area contributed by atoms with Crippen LogP contribution in [0.25, 0.3) is 0 Å². The van der Waals surface area contributed by atoms with Crippen molar-refractivity contribution in [1.29, 1.82) is 0 Å². The molecule has 0 radical (unpaired) electrons. The molecule has 2 heterocycles. The van der Waals surface area contributed by atoms with E-state index in [1.165, 1.54) is 18.5 Å². The SMILES string of the molecule is CC(C)(C)S(=O)(=O)c1ccc(NC[C@@H](O)c2ccco2)cn1. The molecule has 0 fully saturated rings. The third kappa shape index (κ3) is 3.48. The van der Waals surface area contributed by atoms with E-state index in [9.17, 15) is 13.5 Å². The van der Waals surface area contributed by atoms with Gasteiger partial charge < -0.3 is 14.8 Å². The van der Waals surface area contributed by atoms with Gasteiger partial charge in [-0.1, -0.05) is 0 Å². The van der Waals surface area contributed by atoms with Gasteiger partial charge in [0, 0.05) is 6.54 Å². The van der Waals surface area contributed by atoms with Gasteiger partial charge in [0.25, 0.3) is 0 Å². The third-order valence-electron chi connectivity index (χ3n) is 3.19. The van der Waals surface area contributed by atoms with Crippen molar-refractivity contribution in [3.63, 3.8) is 0 Å². The summed E-state index contributed by atoms with van der Waals surface area (Å²) in [6.07, 6.45) is 2.15. The van der Waals surface area contributed by atoms with Gasteiger partial charge in [-0.3, -0.25) is 0 Å². The number of rotatable bonds is 5. The lowest BCUT2D eigenvalue weighted by molar-refractivity contribution is 0.162. The molecule has 1 atom stereocenters. The van der Waals surface area contributed by atoms with Crippen LogP contribution in [0.3, 0.4) is 0 Å². The van der Waals surface area contributed by atoms with E-state index in [-0.39, 0.29) is 11.6 Å². The summed E-state index contributed by atoms with van der Waals surface area (Å²) in [6, 6.07) is 6.47. The molecule has 0 unspecified atom stereocenters. The zero-order valence-corrected chi connectivity index (χ0v) is 13.6. The van der Waals surface area contributed by atoms with E-state index in [1.807, 2.05) is 0 Å². The minimum absolute atomic E-state index is 0.0390. The van der Waals surface area contributed by atoms with Gasteiger partial charge in [-0.25, -0.2) is 13.4 Å². The smallest absolute Gasteiger partial charge is 0.200 e. The van der Waals surface area contributed by atoms with E-state index in [1.54, 1.807) is 39.0 Å². The van der Waals surface area contributed by atoms with Gasteiger partial charge in [0.1, 0.15) is 11.9 Å². The lowest BCUT2D eigenvalue weighted by Crippen LogP contribution is -2.28. The van der Waals surface area contributed by atoms with Crippen LogP contribution in [0, 0.1) is 0 Å². The fourth-order valence-electron chi connectivity index (χ4n) is 1.75. The topological polar surface area (TPSA) is 92.4 Å². The van der Waals surface area contributed by atoms with Crippen LogP contribution in [-0.4, -0.2) is 29.8 Å². The molecule has 22 heavy (non-hydrogen) atoms. The van der Waals surface area contributed by atoms with Crippen molar-refractivity contribution in [2.24, 2.45) is 0 Å². The van der Waals surface area contributed by atoms with E-state index in [2.05, 4.69) is 10.3 Å². The summed E-state index contributed by atoms with van der Waals surface area (Å²) in [5.41, 5.74) is 0.624. The van der Waals surface area contributed by atoms with Crippen molar-refractivity contribution in [2.75, 3.05) is 11.9 Å². The molecule has 2 N–H and O–H groups in total. The highest BCUT2D eigenvalue weighted by molar-refractivity contribution is 7.92. The largest absolute Gasteiger partial charge is 0.467 e. The average Bonchev–Trinajstić information content (AvgIpc) is 2.98. The van der Waals surface area contributed by atoms with Crippen LogP contribution in [0.5, 0.6) is 0 Å². The summed E-state index contributed by atoms with van der Waals surface area (Å²) in [4.78, 5) is 4.00. The van der Waals surface area contributed by atoms with Gasteiger partial charge in [0.15, 0.2) is 14.9 Å². The number of aliphatic hydroxyl groups is 1. The Hall–Kier alpha value is -1.86. The summed E-state index contributed by atoms with van der Waals surface area (Å²) in [7, 11) is -3.46. The third-order valence-corrected chi connectivity index (χ3v) is 5.59. The van der Waals surface area contributed by atoms with Crippen LogP contribution in [-0.2, 0) is 9.84 Å². The molecule has 120 valence electrons. The fraction of sp³-hybridized carbons (Fsp3) is 0.400. The Labute approximate surface area is 130 Å². The van der Waals surface area contributed by atoms with Crippen LogP contribution in [0.2, 0.25) is 0 Å². The van der Waals surface area contributed by atoms with E-state index in [0.29, 0.717) is 11.4 Å². The first-order valence-corrected chi connectivity index (χ1v) is 8.36. The lowest BCUT2D eigenvalue weighted by atomic mass is 10.2. The summed E-state index contributed by atoms with van der Waals surface area (Å²) in [5, 5.41) is 12.9. The van der Waals surface area contributed by atoms with Crippen molar-refractivity contribution >= 4 is 15.5 Å². The number of aromatic nitrogens is 1. The number of hydrogen-bond donors (Lipinski definition) is 2. The predicted molar refractivity (Wildman–Crippen MR) is 83.3 cm³/mol. The number of nitrogens with zero attached hydrogens (tertiary/aromatic N) is 1. The fourth-order valence-corrected chi connectivity index (χ4v) is 2.82. The van der Waals surface area contributed by atoms with Crippen LogP contribution in [0.4, 0.5) is 5.69 Å². The Balaban J connectivity index is 2.04. The van der Waals surface area contributed by atoms with Gasteiger partial charge in [0.2, 0.25) is 0 Å². The van der Waals surface area contributed by atoms with E-state index in [4.69, 9.17) is 4.42 Å². The quantitative estimate of drug-likeness (QED) is 0.877. The Morgan fingerprint density at radius 1 is 1.32 bits per heavy atom. The second kappa shape index (κ2) is 6.10. The normalized spacial score (nSPS) is 13.8. The molecule has 0 aliphatic carbocycles. The van der Waals surface area contributed by atoms with E-state index < -0.39 is 20.7 Å². The Bertz CT molecular complexity index is 701. The number of aliphatic hydroxyl groups excluding tert-OH is 1. The number of furan rings is 1. The summed E-state index contributed by atoms with van der Waals surface area (Å²) in [6.45, 7) is 5.14. The minimum atomic E-state index is -3.46. The van der Waals surface area contributed by atoms with Gasteiger partial charge in [-0.05, 0) is 45.0 Å². The maximum Gasteiger partial charge on any atom is 0.200 e. The molecule has 0 aliphatic rings. The first-order chi connectivity index (χ1) is 10.2. The zero-order valence-electron chi connectivity index (χ0n) is 12.8. The van der Waals surface area contributed by atoms with E-state index >= 15 is 0 Å². The van der Waals surface area contributed by atoms with Crippen LogP contribution in [0.15, 0.2) is 46.2 Å². The molecule has 0 aliphatic heterocycles. The summed E-state index contributed by atoms with van der Waals surface area (Å²) in [5.74, 6) is 0.465. The van der Waals surface area contributed by atoms with Gasteiger partial charge in [0.05, 0.1) is 22.9 Å². The Morgan fingerprint density at radius 2 is 2.05 bits per heavy atom. The van der Waals surface area contributed by atoms with Crippen molar-refractivity contribution in [3.8, 4) is 0 Å². The molecule has 7 heteroatoms. The highest BCUT2D eigenvalue weighted by atomic mass is 32.2. The highest BCUT2D eigenvalue weighted by Crippen LogP contribution is 2.24. The van der Waals surface area contributed by atoms with Crippen molar-refractivity contribution in [1.82, 2.24) is 4.98 Å². The summed E-state index contributed by atoms with van der Waals surface area (Å²) >= 11 is 0. The van der Waals surface area contributed by atoms with Crippen LogP contribution >= 0.6 is 0 Å². The molecular formula is C15H20N2O4S. The number of nitrogens with one attached hydrogen (secondary N) is 1. The molecule has 2 rings (SSSR count). The second-order valence-electron chi connectivity index (χ2n) is 5.91. The molecule has 0 aromatic carbocycles. The monoisotopic (exact) mass is 324 g/mol. The molecular weight excluding hydrogens is 304 g/mol.